The van der Waals surface area contributed by atoms with Crippen molar-refractivity contribution in [3.63, 3.8) is 0 Å². The zero-order chi connectivity index (χ0) is 15.1. The molecule has 120 valence electrons. The summed E-state index contributed by atoms with van der Waals surface area (Å²) in [7, 11) is 0. The Balaban J connectivity index is 1.56. The van der Waals surface area contributed by atoms with Crippen molar-refractivity contribution in [2.45, 2.75) is 25.9 Å². The first-order chi connectivity index (χ1) is 10.1. The van der Waals surface area contributed by atoms with Gasteiger partial charge in [-0.05, 0) is 12.8 Å². The quantitative estimate of drug-likeness (QED) is 0.514. The number of rotatable bonds is 5. The van der Waals surface area contributed by atoms with Crippen molar-refractivity contribution in [1.82, 2.24) is 15.1 Å². The molecule has 7 heteroatoms. The van der Waals surface area contributed by atoms with Crippen molar-refractivity contribution in [2.24, 2.45) is 10.7 Å². The van der Waals surface area contributed by atoms with Gasteiger partial charge in [-0.2, -0.15) is 0 Å². The maximum Gasteiger partial charge on any atom is 0.219 e. The number of carbonyl (C=O) groups is 1. The molecule has 2 fully saturated rings. The molecule has 0 saturated carbocycles. The number of piperazine rings is 1. The van der Waals surface area contributed by atoms with Crippen LogP contribution >= 0.6 is 0 Å². The van der Waals surface area contributed by atoms with E-state index in [2.05, 4.69) is 15.2 Å². The van der Waals surface area contributed by atoms with Gasteiger partial charge in [-0.1, -0.05) is 0 Å². The first kappa shape index (κ1) is 16.0. The van der Waals surface area contributed by atoms with Crippen molar-refractivity contribution < 1.29 is 9.53 Å². The number of carbonyl (C=O) groups excluding carboxylic acids is 1. The lowest BCUT2D eigenvalue weighted by atomic mass is 10.2. The van der Waals surface area contributed by atoms with Crippen LogP contribution < -0.4 is 11.1 Å². The molecule has 2 aliphatic heterocycles. The SMILES string of the molecule is CC(=O)N1CCN(CCNC(N)=NCC2CCCO2)CC1. The minimum atomic E-state index is 0.165. The predicted octanol–water partition coefficient (Wildman–Crippen LogP) is -0.766. The lowest BCUT2D eigenvalue weighted by molar-refractivity contribution is -0.130. The number of nitrogens with two attached hydrogens (primary N) is 1. The Morgan fingerprint density at radius 2 is 2.14 bits per heavy atom. The second kappa shape index (κ2) is 8.19. The van der Waals surface area contributed by atoms with Crippen LogP contribution in [-0.4, -0.2) is 80.2 Å². The number of amides is 1. The summed E-state index contributed by atoms with van der Waals surface area (Å²) in [5, 5.41) is 3.14. The molecule has 2 aliphatic rings. The minimum Gasteiger partial charge on any atom is -0.376 e. The lowest BCUT2D eigenvalue weighted by Crippen LogP contribution is -2.50. The zero-order valence-corrected chi connectivity index (χ0v) is 12.9. The summed E-state index contributed by atoms with van der Waals surface area (Å²) in [5.74, 6) is 0.658. The number of guanidine groups is 1. The summed E-state index contributed by atoms with van der Waals surface area (Å²) in [6.07, 6.45) is 2.45. The molecule has 3 N–H and O–H groups in total. The minimum absolute atomic E-state index is 0.165. The van der Waals surface area contributed by atoms with E-state index in [1.165, 1.54) is 0 Å². The van der Waals surface area contributed by atoms with Crippen LogP contribution in [0.15, 0.2) is 4.99 Å². The van der Waals surface area contributed by atoms with Crippen LogP contribution in [0, 0.1) is 0 Å². The summed E-state index contributed by atoms with van der Waals surface area (Å²) in [5.41, 5.74) is 5.84. The first-order valence-electron chi connectivity index (χ1n) is 7.78. The number of nitrogens with one attached hydrogen (secondary N) is 1. The molecule has 1 unspecified atom stereocenters. The van der Waals surface area contributed by atoms with Gasteiger partial charge in [0.15, 0.2) is 5.96 Å². The third kappa shape index (κ3) is 5.51. The predicted molar refractivity (Wildman–Crippen MR) is 82.2 cm³/mol. The van der Waals surface area contributed by atoms with Gasteiger partial charge in [0.1, 0.15) is 0 Å². The molecule has 0 bridgehead atoms. The molecule has 0 spiro atoms. The van der Waals surface area contributed by atoms with Gasteiger partial charge in [0.05, 0.1) is 12.6 Å². The van der Waals surface area contributed by atoms with Crippen LogP contribution in [0.1, 0.15) is 19.8 Å². The standard InChI is InChI=1S/C14H27N5O2/c1-12(20)19-8-6-18(7-9-19)5-4-16-14(15)17-11-13-3-2-10-21-13/h13H,2-11H2,1H3,(H3,15,16,17). The van der Waals surface area contributed by atoms with E-state index >= 15 is 0 Å². The highest BCUT2D eigenvalue weighted by molar-refractivity contribution is 5.77. The summed E-state index contributed by atoms with van der Waals surface area (Å²) in [6, 6.07) is 0. The van der Waals surface area contributed by atoms with E-state index in [1.807, 2.05) is 4.90 Å². The molecule has 0 aromatic carbocycles. The maximum absolute atomic E-state index is 11.2. The monoisotopic (exact) mass is 297 g/mol. The molecule has 21 heavy (non-hydrogen) atoms. The summed E-state index contributed by atoms with van der Waals surface area (Å²) < 4.78 is 5.50. The fourth-order valence-electron chi connectivity index (χ4n) is 2.67. The van der Waals surface area contributed by atoms with Crippen LogP contribution in [0.2, 0.25) is 0 Å². The smallest absolute Gasteiger partial charge is 0.219 e. The van der Waals surface area contributed by atoms with E-state index < -0.39 is 0 Å². The topological polar surface area (TPSA) is 83.2 Å². The fraction of sp³-hybridized carbons (Fsp3) is 0.857. The van der Waals surface area contributed by atoms with E-state index in [4.69, 9.17) is 10.5 Å². The van der Waals surface area contributed by atoms with Crippen molar-refractivity contribution in [3.05, 3.63) is 0 Å². The van der Waals surface area contributed by atoms with E-state index in [-0.39, 0.29) is 12.0 Å². The van der Waals surface area contributed by atoms with Crippen molar-refractivity contribution in [2.75, 3.05) is 52.4 Å². The second-order valence-corrected chi connectivity index (χ2v) is 5.64. The Morgan fingerprint density at radius 1 is 1.38 bits per heavy atom. The molecule has 2 saturated heterocycles. The van der Waals surface area contributed by atoms with Crippen LogP contribution in [-0.2, 0) is 9.53 Å². The van der Waals surface area contributed by atoms with Gasteiger partial charge in [0, 0.05) is 52.8 Å². The third-order valence-electron chi connectivity index (χ3n) is 4.04. The largest absolute Gasteiger partial charge is 0.376 e. The van der Waals surface area contributed by atoms with Crippen molar-refractivity contribution in [3.8, 4) is 0 Å². The van der Waals surface area contributed by atoms with E-state index in [0.717, 1.165) is 58.7 Å². The van der Waals surface area contributed by atoms with Gasteiger partial charge in [-0.3, -0.25) is 14.7 Å². The Bertz CT molecular complexity index is 360. The van der Waals surface area contributed by atoms with Gasteiger partial charge < -0.3 is 20.7 Å². The molecule has 0 aromatic heterocycles. The first-order valence-corrected chi connectivity index (χ1v) is 7.78. The van der Waals surface area contributed by atoms with Crippen LogP contribution in [0.5, 0.6) is 0 Å². The molecule has 1 atom stereocenters. The molecular formula is C14H27N5O2. The number of hydrogen-bond acceptors (Lipinski definition) is 4. The second-order valence-electron chi connectivity index (χ2n) is 5.64. The Kier molecular flexibility index (Phi) is 6.25. The average molecular weight is 297 g/mol. The van der Waals surface area contributed by atoms with Gasteiger partial charge in [-0.25, -0.2) is 0 Å². The number of aliphatic imine (C=N–C) groups is 1. The maximum atomic E-state index is 11.2. The van der Waals surface area contributed by atoms with Crippen molar-refractivity contribution in [1.29, 1.82) is 0 Å². The van der Waals surface area contributed by atoms with Gasteiger partial charge in [-0.15, -0.1) is 0 Å². The van der Waals surface area contributed by atoms with E-state index in [1.54, 1.807) is 6.92 Å². The summed E-state index contributed by atoms with van der Waals surface area (Å²) in [6.45, 7) is 8.30. The zero-order valence-electron chi connectivity index (χ0n) is 12.9. The van der Waals surface area contributed by atoms with Crippen molar-refractivity contribution >= 4 is 11.9 Å². The molecule has 2 heterocycles. The summed E-state index contributed by atoms with van der Waals surface area (Å²) >= 11 is 0. The molecule has 0 aliphatic carbocycles. The van der Waals surface area contributed by atoms with Crippen LogP contribution in [0.25, 0.3) is 0 Å². The molecular weight excluding hydrogens is 270 g/mol. The Morgan fingerprint density at radius 3 is 2.76 bits per heavy atom. The Hall–Kier alpha value is -1.34. The van der Waals surface area contributed by atoms with Crippen LogP contribution in [0.4, 0.5) is 0 Å². The average Bonchev–Trinajstić information content (AvgIpc) is 2.99. The fourth-order valence-corrected chi connectivity index (χ4v) is 2.67. The van der Waals surface area contributed by atoms with E-state index in [9.17, 15) is 4.79 Å². The Labute approximate surface area is 126 Å². The molecule has 2 rings (SSSR count). The number of nitrogens with zero attached hydrogens (tertiary/aromatic N) is 3. The number of hydrogen-bond donors (Lipinski definition) is 2. The van der Waals surface area contributed by atoms with Crippen LogP contribution in [0.3, 0.4) is 0 Å². The normalized spacial score (nSPS) is 24.3. The molecule has 0 aromatic rings. The third-order valence-corrected chi connectivity index (χ3v) is 4.04. The van der Waals surface area contributed by atoms with Gasteiger partial charge in [0.2, 0.25) is 5.91 Å². The molecule has 1 amide bonds. The molecule has 0 radical (unpaired) electrons. The molecule has 7 nitrogen and oxygen atoms in total. The lowest BCUT2D eigenvalue weighted by Gasteiger charge is -2.34. The number of ether oxygens (including phenoxy) is 1. The highest BCUT2D eigenvalue weighted by atomic mass is 16.5. The highest BCUT2D eigenvalue weighted by Crippen LogP contribution is 2.11. The van der Waals surface area contributed by atoms with Gasteiger partial charge in [0.25, 0.3) is 0 Å². The summed E-state index contributed by atoms with van der Waals surface area (Å²) in [4.78, 5) is 19.8. The van der Waals surface area contributed by atoms with E-state index in [0.29, 0.717) is 12.5 Å². The highest BCUT2D eigenvalue weighted by Gasteiger charge is 2.18. The van der Waals surface area contributed by atoms with Gasteiger partial charge >= 0.3 is 0 Å².